The van der Waals surface area contributed by atoms with Gasteiger partial charge < -0.3 is 9.84 Å². The number of anilines is 2. The van der Waals surface area contributed by atoms with Crippen LogP contribution < -0.4 is 9.64 Å². The Labute approximate surface area is 155 Å². The van der Waals surface area contributed by atoms with Gasteiger partial charge in [0.1, 0.15) is 5.82 Å². The van der Waals surface area contributed by atoms with E-state index in [-0.39, 0.29) is 16.6 Å². The molecule has 2 aromatic carbocycles. The van der Waals surface area contributed by atoms with Gasteiger partial charge in [-0.3, -0.25) is 9.59 Å². The maximum absolute atomic E-state index is 14.3. The standard InChI is InChI=1S/C18H12F2N2O4S/c1-18(8-14(23)24)16(25)22(12-4-2-3-10(20)15(12)26-18)17-21-11-7-9(19)5-6-13(11)27-17/h2-7H,8H2,1H3,(H,23,24). The number of hydrogen-bond acceptors (Lipinski definition) is 5. The van der Waals surface area contributed by atoms with Crippen molar-refractivity contribution in [2.45, 2.75) is 18.9 Å². The summed E-state index contributed by atoms with van der Waals surface area (Å²) in [7, 11) is 0. The molecule has 2 heterocycles. The summed E-state index contributed by atoms with van der Waals surface area (Å²) >= 11 is 1.11. The first-order valence-electron chi connectivity index (χ1n) is 7.88. The zero-order chi connectivity index (χ0) is 19.3. The van der Waals surface area contributed by atoms with Crippen LogP contribution in [0.15, 0.2) is 36.4 Å². The first-order chi connectivity index (χ1) is 12.8. The number of thiazole rings is 1. The maximum Gasteiger partial charge on any atom is 0.307 e. The van der Waals surface area contributed by atoms with E-state index in [0.717, 1.165) is 22.3 Å². The number of carbonyl (C=O) groups excluding carboxylic acids is 1. The number of aliphatic carboxylic acids is 1. The molecule has 0 saturated heterocycles. The normalized spacial score (nSPS) is 19.1. The highest BCUT2D eigenvalue weighted by atomic mass is 32.1. The molecule has 138 valence electrons. The van der Waals surface area contributed by atoms with Gasteiger partial charge in [-0.2, -0.15) is 0 Å². The number of para-hydroxylation sites is 1. The van der Waals surface area contributed by atoms with Gasteiger partial charge in [0.25, 0.3) is 5.91 Å². The fraction of sp³-hybridized carbons (Fsp3) is 0.167. The molecule has 0 saturated carbocycles. The van der Waals surface area contributed by atoms with Crippen LogP contribution in [0.3, 0.4) is 0 Å². The summed E-state index contributed by atoms with van der Waals surface area (Å²) in [5, 5.41) is 9.34. The highest BCUT2D eigenvalue weighted by Gasteiger charge is 2.48. The molecule has 0 fully saturated rings. The van der Waals surface area contributed by atoms with Crippen LogP contribution in [0.4, 0.5) is 19.6 Å². The summed E-state index contributed by atoms with van der Waals surface area (Å²) in [5.41, 5.74) is -1.36. The van der Waals surface area contributed by atoms with Crippen molar-refractivity contribution in [2.75, 3.05) is 4.90 Å². The van der Waals surface area contributed by atoms with Crippen LogP contribution in [0.5, 0.6) is 5.75 Å². The largest absolute Gasteiger partial charge is 0.481 e. The summed E-state index contributed by atoms with van der Waals surface area (Å²) in [6.45, 7) is 1.29. The highest BCUT2D eigenvalue weighted by molar-refractivity contribution is 7.22. The smallest absolute Gasteiger partial charge is 0.307 e. The quantitative estimate of drug-likeness (QED) is 0.735. The second kappa shape index (κ2) is 5.98. The number of nitrogens with zero attached hydrogens (tertiary/aromatic N) is 2. The van der Waals surface area contributed by atoms with E-state index in [1.807, 2.05) is 0 Å². The van der Waals surface area contributed by atoms with Crippen LogP contribution in [-0.2, 0) is 9.59 Å². The zero-order valence-electron chi connectivity index (χ0n) is 13.9. The van der Waals surface area contributed by atoms with Gasteiger partial charge >= 0.3 is 5.97 Å². The molecular weight excluding hydrogens is 378 g/mol. The third-order valence-corrected chi connectivity index (χ3v) is 5.21. The number of benzene rings is 2. The molecule has 0 bridgehead atoms. The Kier molecular flexibility index (Phi) is 3.84. The minimum absolute atomic E-state index is 0.113. The molecule has 1 aromatic heterocycles. The lowest BCUT2D eigenvalue weighted by molar-refractivity contribution is -0.148. The molecule has 1 atom stereocenters. The van der Waals surface area contributed by atoms with Crippen molar-refractivity contribution in [3.8, 4) is 5.75 Å². The second-order valence-corrected chi connectivity index (χ2v) is 7.25. The van der Waals surface area contributed by atoms with Crippen LogP contribution in [0.2, 0.25) is 0 Å². The highest BCUT2D eigenvalue weighted by Crippen LogP contribution is 2.46. The van der Waals surface area contributed by atoms with Gasteiger partial charge in [0.2, 0.25) is 0 Å². The van der Waals surface area contributed by atoms with E-state index in [1.54, 1.807) is 0 Å². The number of fused-ring (bicyclic) bond motifs is 2. The van der Waals surface area contributed by atoms with E-state index < -0.39 is 35.5 Å². The van der Waals surface area contributed by atoms with Gasteiger partial charge in [0.05, 0.1) is 22.3 Å². The first-order valence-corrected chi connectivity index (χ1v) is 8.70. The van der Waals surface area contributed by atoms with Crippen molar-refractivity contribution in [3.05, 3.63) is 48.0 Å². The first kappa shape index (κ1) is 17.3. The lowest BCUT2D eigenvalue weighted by Crippen LogP contribution is -2.54. The minimum Gasteiger partial charge on any atom is -0.481 e. The summed E-state index contributed by atoms with van der Waals surface area (Å²) in [6, 6.07) is 8.06. The van der Waals surface area contributed by atoms with Crippen LogP contribution in [0.1, 0.15) is 13.3 Å². The molecule has 27 heavy (non-hydrogen) atoms. The van der Waals surface area contributed by atoms with E-state index in [0.29, 0.717) is 10.2 Å². The molecule has 0 radical (unpaired) electrons. The Bertz CT molecular complexity index is 1100. The van der Waals surface area contributed by atoms with Crippen molar-refractivity contribution < 1.29 is 28.2 Å². The predicted molar refractivity (Wildman–Crippen MR) is 94.4 cm³/mol. The number of halogens is 2. The Balaban J connectivity index is 1.92. The van der Waals surface area contributed by atoms with E-state index in [1.165, 1.54) is 37.3 Å². The predicted octanol–water partition coefficient (Wildman–Crippen LogP) is 3.87. The minimum atomic E-state index is -1.82. The maximum atomic E-state index is 14.3. The van der Waals surface area contributed by atoms with Gasteiger partial charge in [-0.15, -0.1) is 0 Å². The molecule has 0 aliphatic carbocycles. The molecule has 1 aliphatic heterocycles. The summed E-state index contributed by atoms with van der Waals surface area (Å²) in [5.74, 6) is -3.39. The van der Waals surface area contributed by atoms with E-state index in [9.17, 15) is 18.4 Å². The van der Waals surface area contributed by atoms with Gasteiger partial charge in [0.15, 0.2) is 22.3 Å². The van der Waals surface area contributed by atoms with Crippen LogP contribution in [-0.4, -0.2) is 27.6 Å². The molecule has 3 aromatic rings. The molecule has 1 N–H and O–H groups in total. The van der Waals surface area contributed by atoms with E-state index in [2.05, 4.69) is 4.98 Å². The number of hydrogen-bond donors (Lipinski definition) is 1. The average Bonchev–Trinajstić information content (AvgIpc) is 2.99. The van der Waals surface area contributed by atoms with E-state index in [4.69, 9.17) is 9.84 Å². The zero-order valence-corrected chi connectivity index (χ0v) is 14.7. The van der Waals surface area contributed by atoms with Gasteiger partial charge in [0, 0.05) is 6.07 Å². The summed E-state index contributed by atoms with van der Waals surface area (Å²) in [4.78, 5) is 29.8. The van der Waals surface area contributed by atoms with Crippen LogP contribution in [0.25, 0.3) is 10.2 Å². The fourth-order valence-electron chi connectivity index (χ4n) is 2.96. The lowest BCUT2D eigenvalue weighted by Gasteiger charge is -2.38. The average molecular weight is 390 g/mol. The number of carboxylic acid groups (broad SMARTS) is 1. The number of aromatic nitrogens is 1. The summed E-state index contributed by atoms with van der Waals surface area (Å²) < 4.78 is 33.9. The van der Waals surface area contributed by atoms with Gasteiger partial charge in [-0.25, -0.2) is 18.7 Å². The van der Waals surface area contributed by atoms with Crippen molar-refractivity contribution in [1.29, 1.82) is 0 Å². The molecule has 1 amide bonds. The van der Waals surface area contributed by atoms with Crippen LogP contribution >= 0.6 is 11.3 Å². The van der Waals surface area contributed by atoms with Gasteiger partial charge in [-0.1, -0.05) is 17.4 Å². The second-order valence-electron chi connectivity index (χ2n) is 6.24. The molecule has 0 spiro atoms. The molecule has 9 heteroatoms. The Morgan fingerprint density at radius 2 is 2.11 bits per heavy atom. The van der Waals surface area contributed by atoms with Crippen LogP contribution in [0, 0.1) is 11.6 Å². The lowest BCUT2D eigenvalue weighted by atomic mass is 9.97. The molecule has 6 nitrogen and oxygen atoms in total. The molecule has 1 unspecified atom stereocenters. The van der Waals surface area contributed by atoms with Crippen molar-refractivity contribution >= 4 is 44.2 Å². The number of ether oxygens (including phenoxy) is 1. The number of carboxylic acids is 1. The molecule has 1 aliphatic rings. The third-order valence-electron chi connectivity index (χ3n) is 4.19. The van der Waals surface area contributed by atoms with Crippen molar-refractivity contribution in [3.63, 3.8) is 0 Å². The van der Waals surface area contributed by atoms with E-state index >= 15 is 0 Å². The summed E-state index contributed by atoms with van der Waals surface area (Å²) in [6.07, 6.45) is -0.657. The SMILES string of the molecule is CC1(CC(=O)O)Oc2c(F)cccc2N(c2nc3cc(F)ccc3s2)C1=O. The topological polar surface area (TPSA) is 79.7 Å². The van der Waals surface area contributed by atoms with Crippen molar-refractivity contribution in [1.82, 2.24) is 4.98 Å². The number of amides is 1. The Morgan fingerprint density at radius 1 is 1.33 bits per heavy atom. The van der Waals surface area contributed by atoms with Gasteiger partial charge in [-0.05, 0) is 31.2 Å². The van der Waals surface area contributed by atoms with Crippen molar-refractivity contribution in [2.24, 2.45) is 0 Å². The Morgan fingerprint density at radius 3 is 2.85 bits per heavy atom. The molecular formula is C18H12F2N2O4S. The monoisotopic (exact) mass is 390 g/mol. The fourth-order valence-corrected chi connectivity index (χ4v) is 3.92. The Hall–Kier alpha value is -3.07. The number of rotatable bonds is 3. The number of carbonyl (C=O) groups is 2. The third kappa shape index (κ3) is 2.80. The molecule has 4 rings (SSSR count).